The van der Waals surface area contributed by atoms with Crippen molar-refractivity contribution in [2.75, 3.05) is 31.1 Å². The van der Waals surface area contributed by atoms with Crippen molar-refractivity contribution in [1.29, 1.82) is 0 Å². The minimum absolute atomic E-state index is 0.00497. The summed E-state index contributed by atoms with van der Waals surface area (Å²) in [7, 11) is 0. The average Bonchev–Trinajstić information content (AvgIpc) is 3.57. The molecule has 1 unspecified atom stereocenters. The van der Waals surface area contributed by atoms with E-state index in [0.717, 1.165) is 28.8 Å². The van der Waals surface area contributed by atoms with E-state index in [4.69, 9.17) is 9.47 Å². The first kappa shape index (κ1) is 25.7. The monoisotopic (exact) mass is 544 g/mol. The fourth-order valence-corrected chi connectivity index (χ4v) is 4.89. The van der Waals surface area contributed by atoms with Crippen LogP contribution in [0.15, 0.2) is 64.5 Å². The Balaban J connectivity index is 1.22. The fraction of sp³-hybridized carbons (Fsp3) is 0.280. The maximum absolute atomic E-state index is 15.1. The number of carbonyl (C=O) groups excluding carboxylic acids is 2. The summed E-state index contributed by atoms with van der Waals surface area (Å²) >= 11 is 0.919. The van der Waals surface area contributed by atoms with Gasteiger partial charge in [-0.3, -0.25) is 9.69 Å². The number of pyridine rings is 1. The van der Waals surface area contributed by atoms with Gasteiger partial charge in [0.1, 0.15) is 24.5 Å². The molecule has 2 aromatic heterocycles. The van der Waals surface area contributed by atoms with Crippen LogP contribution in [0, 0.1) is 11.6 Å². The van der Waals surface area contributed by atoms with E-state index in [-0.39, 0.29) is 49.8 Å². The maximum Gasteiger partial charge on any atom is 0.414 e. The second-order valence-electron chi connectivity index (χ2n) is 8.45. The number of halogens is 2. The van der Waals surface area contributed by atoms with Gasteiger partial charge in [-0.15, -0.1) is 0 Å². The lowest BCUT2D eigenvalue weighted by molar-refractivity contribution is -0.135. The van der Waals surface area contributed by atoms with Gasteiger partial charge in [0.05, 0.1) is 17.3 Å². The van der Waals surface area contributed by atoms with E-state index >= 15 is 8.78 Å². The van der Waals surface area contributed by atoms with Gasteiger partial charge in [-0.05, 0) is 41.4 Å². The SMILES string of the molecule is O=C(C(O)Sc1ccccn1)N1CC=C(c2c(F)cc(N3C[C@H](COc4ccon4)OC3=O)cc2F)CC1. The summed E-state index contributed by atoms with van der Waals surface area (Å²) < 4.78 is 45.5. The summed E-state index contributed by atoms with van der Waals surface area (Å²) in [6, 6.07) is 8.80. The van der Waals surface area contributed by atoms with Crippen molar-refractivity contribution >= 4 is 35.0 Å². The third-order valence-electron chi connectivity index (χ3n) is 5.97. The van der Waals surface area contributed by atoms with Crippen LogP contribution in [0.2, 0.25) is 0 Å². The molecule has 0 aliphatic carbocycles. The highest BCUT2D eigenvalue weighted by molar-refractivity contribution is 8.00. The lowest BCUT2D eigenvalue weighted by Crippen LogP contribution is -2.40. The van der Waals surface area contributed by atoms with Crippen molar-refractivity contribution in [2.24, 2.45) is 0 Å². The van der Waals surface area contributed by atoms with Crippen LogP contribution in [0.3, 0.4) is 0 Å². The molecule has 0 saturated carbocycles. The molecule has 3 aromatic rings. The van der Waals surface area contributed by atoms with Crippen molar-refractivity contribution in [3.05, 3.63) is 72.1 Å². The van der Waals surface area contributed by atoms with E-state index in [1.807, 2.05) is 0 Å². The molecule has 1 saturated heterocycles. The summed E-state index contributed by atoms with van der Waals surface area (Å²) in [5.74, 6) is -1.97. The molecule has 1 N–H and O–H groups in total. The standard InChI is InChI=1S/C25H22F2N4O6S/c26-18-11-16(31-13-17(37-25(31)34)14-35-20-6-10-36-29-20)12-19(27)22(18)15-4-8-30(9-5-15)23(32)24(33)38-21-3-1-2-7-28-21/h1-4,6-7,10-12,17,24,33H,5,8-9,13-14H2/t17-,24?/m1/s1. The summed E-state index contributed by atoms with van der Waals surface area (Å²) in [5, 5.41) is 14.4. The zero-order chi connectivity index (χ0) is 26.6. The first-order valence-corrected chi connectivity index (χ1v) is 12.5. The Morgan fingerprint density at radius 1 is 1.26 bits per heavy atom. The van der Waals surface area contributed by atoms with Crippen LogP contribution in [-0.4, -0.2) is 69.9 Å². The number of cyclic esters (lactones) is 1. The van der Waals surface area contributed by atoms with Crippen LogP contribution in [-0.2, 0) is 9.53 Å². The molecule has 5 rings (SSSR count). The predicted molar refractivity (Wildman–Crippen MR) is 131 cm³/mol. The first-order chi connectivity index (χ1) is 18.4. The van der Waals surface area contributed by atoms with Crippen molar-refractivity contribution in [3.63, 3.8) is 0 Å². The molecule has 0 spiro atoms. The van der Waals surface area contributed by atoms with Crippen LogP contribution >= 0.6 is 11.8 Å². The molecule has 38 heavy (non-hydrogen) atoms. The largest absolute Gasteiger partial charge is 0.471 e. The third kappa shape index (κ3) is 5.63. The fourth-order valence-electron chi connectivity index (χ4n) is 4.13. The van der Waals surface area contributed by atoms with Crippen LogP contribution in [0.25, 0.3) is 5.57 Å². The van der Waals surface area contributed by atoms with E-state index < -0.39 is 35.2 Å². The lowest BCUT2D eigenvalue weighted by Gasteiger charge is -2.28. The van der Waals surface area contributed by atoms with Crippen molar-refractivity contribution < 1.29 is 37.5 Å². The maximum atomic E-state index is 15.1. The van der Waals surface area contributed by atoms with Crippen LogP contribution in [0.4, 0.5) is 19.3 Å². The Kier molecular flexibility index (Phi) is 7.56. The summed E-state index contributed by atoms with van der Waals surface area (Å²) in [6.07, 6.45) is 3.22. The number of aliphatic hydroxyl groups is 1. The highest BCUT2D eigenvalue weighted by atomic mass is 32.2. The van der Waals surface area contributed by atoms with Gasteiger partial charge in [-0.2, -0.15) is 0 Å². The topological polar surface area (TPSA) is 118 Å². The van der Waals surface area contributed by atoms with E-state index in [9.17, 15) is 14.7 Å². The number of anilines is 1. The quantitative estimate of drug-likeness (QED) is 0.336. The highest BCUT2D eigenvalue weighted by Crippen LogP contribution is 2.33. The Labute approximate surface area is 219 Å². The molecule has 13 heteroatoms. The van der Waals surface area contributed by atoms with E-state index in [1.165, 1.54) is 17.2 Å². The highest BCUT2D eigenvalue weighted by Gasteiger charge is 2.34. The number of aromatic nitrogens is 2. The van der Waals surface area contributed by atoms with Gasteiger partial charge < -0.3 is 24.0 Å². The van der Waals surface area contributed by atoms with Gasteiger partial charge in [-0.25, -0.2) is 18.6 Å². The molecule has 0 radical (unpaired) electrons. The number of carbonyl (C=O) groups is 2. The zero-order valence-corrected chi connectivity index (χ0v) is 20.6. The van der Waals surface area contributed by atoms with Crippen LogP contribution < -0.4 is 9.64 Å². The first-order valence-electron chi connectivity index (χ1n) is 11.6. The molecule has 4 heterocycles. The minimum Gasteiger partial charge on any atom is -0.471 e. The minimum atomic E-state index is -1.35. The van der Waals surface area contributed by atoms with Gasteiger partial charge in [0.2, 0.25) is 0 Å². The second kappa shape index (κ2) is 11.2. The van der Waals surface area contributed by atoms with Crippen LogP contribution in [0.5, 0.6) is 5.88 Å². The van der Waals surface area contributed by atoms with E-state index in [2.05, 4.69) is 14.7 Å². The predicted octanol–water partition coefficient (Wildman–Crippen LogP) is 3.48. The van der Waals surface area contributed by atoms with Gasteiger partial charge >= 0.3 is 6.09 Å². The summed E-state index contributed by atoms with van der Waals surface area (Å²) in [6.45, 7) is 0.291. The molecule has 2 aliphatic heterocycles. The van der Waals surface area contributed by atoms with Crippen molar-refractivity contribution in [1.82, 2.24) is 15.0 Å². The number of aliphatic hydroxyl groups excluding tert-OH is 1. The Morgan fingerprint density at radius 2 is 2.08 bits per heavy atom. The van der Waals surface area contributed by atoms with Crippen molar-refractivity contribution in [3.8, 4) is 5.88 Å². The molecule has 2 aliphatic rings. The molecule has 0 bridgehead atoms. The number of rotatable bonds is 8. The Morgan fingerprint density at radius 3 is 2.74 bits per heavy atom. The van der Waals surface area contributed by atoms with Gasteiger partial charge in [-0.1, -0.05) is 23.9 Å². The number of hydrogen-bond acceptors (Lipinski definition) is 9. The number of benzene rings is 1. The number of hydrogen-bond donors (Lipinski definition) is 1. The summed E-state index contributed by atoms with van der Waals surface area (Å²) in [4.78, 5) is 31.6. The van der Waals surface area contributed by atoms with Crippen LogP contribution in [0.1, 0.15) is 12.0 Å². The molecular weight excluding hydrogens is 522 g/mol. The molecule has 10 nitrogen and oxygen atoms in total. The molecule has 2 atom stereocenters. The lowest BCUT2D eigenvalue weighted by atomic mass is 9.97. The van der Waals surface area contributed by atoms with E-state index in [1.54, 1.807) is 30.5 Å². The Bertz CT molecular complexity index is 1320. The van der Waals surface area contributed by atoms with E-state index in [0.29, 0.717) is 10.6 Å². The normalized spacial score (nSPS) is 18.2. The Hall–Kier alpha value is -3.97. The van der Waals surface area contributed by atoms with Gasteiger partial charge in [0.15, 0.2) is 11.5 Å². The summed E-state index contributed by atoms with van der Waals surface area (Å²) in [5.41, 5.74) is -1.16. The number of ether oxygens (including phenoxy) is 2. The average molecular weight is 545 g/mol. The molecule has 2 amide bonds. The molecule has 198 valence electrons. The number of amides is 2. The number of thioether (sulfide) groups is 1. The van der Waals surface area contributed by atoms with Crippen molar-refractivity contribution in [2.45, 2.75) is 23.0 Å². The van der Waals surface area contributed by atoms with Gasteiger partial charge in [0, 0.05) is 30.9 Å². The molecular formula is C25H22F2N4O6S. The number of nitrogens with zero attached hydrogens (tertiary/aromatic N) is 4. The second-order valence-corrected chi connectivity index (χ2v) is 9.55. The van der Waals surface area contributed by atoms with Gasteiger partial charge in [0.25, 0.3) is 11.8 Å². The smallest absolute Gasteiger partial charge is 0.414 e. The molecule has 1 fully saturated rings. The third-order valence-corrected chi connectivity index (χ3v) is 6.88. The molecule has 1 aromatic carbocycles. The zero-order valence-electron chi connectivity index (χ0n) is 19.8.